The predicted molar refractivity (Wildman–Crippen MR) is 81.3 cm³/mol. The normalized spacial score (nSPS) is 19.0. The fourth-order valence-electron chi connectivity index (χ4n) is 3.00. The summed E-state index contributed by atoms with van der Waals surface area (Å²) in [4.78, 5) is 16.5. The molecule has 2 heterocycles. The van der Waals surface area contributed by atoms with Gasteiger partial charge in [-0.25, -0.2) is 0 Å². The standard InChI is InChI=1S/C16H18F3N3O/c17-16(18,19)10-22(12-5-3-7-20-9-12)15(23)14-8-11-4-1-2-6-13(11)21-14/h1-2,4,6,8,12,20-21H,3,5,7,9-10H2. The number of hydrogen-bond donors (Lipinski definition) is 2. The van der Waals surface area contributed by atoms with E-state index >= 15 is 0 Å². The summed E-state index contributed by atoms with van der Waals surface area (Å²) >= 11 is 0. The predicted octanol–water partition coefficient (Wildman–Crippen LogP) is 2.92. The number of para-hydroxylation sites is 1. The molecule has 0 bridgehead atoms. The fourth-order valence-corrected chi connectivity index (χ4v) is 3.00. The summed E-state index contributed by atoms with van der Waals surface area (Å²) in [6.07, 6.45) is -3.08. The van der Waals surface area contributed by atoms with E-state index in [1.807, 2.05) is 18.2 Å². The van der Waals surface area contributed by atoms with E-state index in [4.69, 9.17) is 0 Å². The highest BCUT2D eigenvalue weighted by Crippen LogP contribution is 2.24. The van der Waals surface area contributed by atoms with E-state index in [0.717, 1.165) is 28.8 Å². The van der Waals surface area contributed by atoms with Gasteiger partial charge in [0.1, 0.15) is 12.2 Å². The Bertz CT molecular complexity index is 656. The van der Waals surface area contributed by atoms with Crippen molar-refractivity contribution in [1.82, 2.24) is 15.2 Å². The summed E-state index contributed by atoms with van der Waals surface area (Å²) in [5.41, 5.74) is 0.936. The lowest BCUT2D eigenvalue weighted by Crippen LogP contribution is -2.51. The van der Waals surface area contributed by atoms with E-state index < -0.39 is 24.7 Å². The minimum absolute atomic E-state index is 0.195. The molecule has 0 radical (unpaired) electrons. The van der Waals surface area contributed by atoms with Crippen LogP contribution in [0.4, 0.5) is 13.2 Å². The van der Waals surface area contributed by atoms with Gasteiger partial charge in [-0.2, -0.15) is 13.2 Å². The molecule has 2 N–H and O–H groups in total. The molecule has 1 aliphatic heterocycles. The first-order valence-electron chi connectivity index (χ1n) is 7.60. The zero-order valence-corrected chi connectivity index (χ0v) is 12.5. The fraction of sp³-hybridized carbons (Fsp3) is 0.438. The van der Waals surface area contributed by atoms with Crippen LogP contribution >= 0.6 is 0 Å². The maximum Gasteiger partial charge on any atom is 0.406 e. The second-order valence-corrected chi connectivity index (χ2v) is 5.82. The first-order valence-corrected chi connectivity index (χ1v) is 7.60. The van der Waals surface area contributed by atoms with Crippen molar-refractivity contribution in [2.24, 2.45) is 0 Å². The molecule has 1 amide bonds. The highest BCUT2D eigenvalue weighted by Gasteiger charge is 2.37. The number of carbonyl (C=O) groups excluding carboxylic acids is 1. The van der Waals surface area contributed by atoms with Crippen molar-refractivity contribution < 1.29 is 18.0 Å². The number of nitrogens with one attached hydrogen (secondary N) is 2. The highest BCUT2D eigenvalue weighted by atomic mass is 19.4. The van der Waals surface area contributed by atoms with Crippen molar-refractivity contribution in [3.05, 3.63) is 36.0 Å². The number of rotatable bonds is 3. The van der Waals surface area contributed by atoms with Crippen molar-refractivity contribution >= 4 is 16.8 Å². The Morgan fingerprint density at radius 3 is 2.74 bits per heavy atom. The molecule has 2 aromatic rings. The smallest absolute Gasteiger partial charge is 0.351 e. The molecule has 3 rings (SSSR count). The van der Waals surface area contributed by atoms with Crippen LogP contribution in [-0.2, 0) is 0 Å². The summed E-state index contributed by atoms with van der Waals surface area (Å²) in [5.74, 6) is -0.604. The second kappa shape index (κ2) is 6.23. The largest absolute Gasteiger partial charge is 0.406 e. The van der Waals surface area contributed by atoms with Gasteiger partial charge in [-0.15, -0.1) is 0 Å². The van der Waals surface area contributed by atoms with Crippen LogP contribution in [-0.4, -0.2) is 47.6 Å². The molecule has 0 saturated carbocycles. The number of hydrogen-bond acceptors (Lipinski definition) is 2. The van der Waals surface area contributed by atoms with Crippen LogP contribution < -0.4 is 5.32 Å². The molecule has 1 aliphatic rings. The van der Waals surface area contributed by atoms with Gasteiger partial charge >= 0.3 is 6.18 Å². The van der Waals surface area contributed by atoms with Gasteiger partial charge in [0.05, 0.1) is 0 Å². The third-order valence-corrected chi connectivity index (χ3v) is 4.08. The quantitative estimate of drug-likeness (QED) is 0.911. The van der Waals surface area contributed by atoms with Gasteiger partial charge in [0.2, 0.25) is 0 Å². The Labute approximate surface area is 131 Å². The first-order chi connectivity index (χ1) is 10.9. The molecule has 0 spiro atoms. The van der Waals surface area contributed by atoms with Gasteiger partial charge < -0.3 is 15.2 Å². The Balaban J connectivity index is 1.89. The van der Waals surface area contributed by atoms with Crippen molar-refractivity contribution in [2.45, 2.75) is 25.1 Å². The molecule has 4 nitrogen and oxygen atoms in total. The van der Waals surface area contributed by atoms with Gasteiger partial charge in [-0.3, -0.25) is 4.79 Å². The summed E-state index contributed by atoms with van der Waals surface area (Å²) in [7, 11) is 0. The molecule has 7 heteroatoms. The lowest BCUT2D eigenvalue weighted by molar-refractivity contribution is -0.145. The van der Waals surface area contributed by atoms with Gasteiger partial charge in [0.25, 0.3) is 5.91 Å². The zero-order chi connectivity index (χ0) is 16.4. The molecule has 124 valence electrons. The first kappa shape index (κ1) is 15.9. The lowest BCUT2D eigenvalue weighted by atomic mass is 10.1. The average molecular weight is 325 g/mol. The number of piperidine rings is 1. The third-order valence-electron chi connectivity index (χ3n) is 4.08. The van der Waals surface area contributed by atoms with E-state index in [1.165, 1.54) is 0 Å². The molecular formula is C16H18F3N3O. The number of halogens is 3. The Hall–Kier alpha value is -2.02. The number of fused-ring (bicyclic) bond motifs is 1. The maximum atomic E-state index is 12.9. The van der Waals surface area contributed by atoms with E-state index in [1.54, 1.807) is 12.1 Å². The monoisotopic (exact) mass is 325 g/mol. The highest BCUT2D eigenvalue weighted by molar-refractivity contribution is 5.98. The zero-order valence-electron chi connectivity index (χ0n) is 12.5. The Kier molecular flexibility index (Phi) is 4.30. The van der Waals surface area contributed by atoms with Gasteiger partial charge in [-0.1, -0.05) is 18.2 Å². The van der Waals surface area contributed by atoms with E-state index in [-0.39, 0.29) is 5.69 Å². The van der Waals surface area contributed by atoms with Crippen molar-refractivity contribution in [1.29, 1.82) is 0 Å². The molecule has 0 aliphatic carbocycles. The molecule has 1 unspecified atom stereocenters. The molecule has 1 fully saturated rings. The molecular weight excluding hydrogens is 307 g/mol. The van der Waals surface area contributed by atoms with Crippen molar-refractivity contribution in [3.8, 4) is 0 Å². The molecule has 1 atom stereocenters. The number of H-pyrrole nitrogens is 1. The van der Waals surface area contributed by atoms with Crippen LogP contribution in [0.15, 0.2) is 30.3 Å². The topological polar surface area (TPSA) is 48.1 Å². The molecule has 1 saturated heterocycles. The van der Waals surface area contributed by atoms with Crippen LogP contribution in [0.1, 0.15) is 23.3 Å². The van der Waals surface area contributed by atoms with Gasteiger partial charge in [0.15, 0.2) is 0 Å². The van der Waals surface area contributed by atoms with Crippen LogP contribution in [0, 0.1) is 0 Å². The summed E-state index contributed by atoms with van der Waals surface area (Å²) in [6.45, 7) is -0.0630. The summed E-state index contributed by atoms with van der Waals surface area (Å²) in [5, 5.41) is 3.87. The number of amides is 1. The number of aromatic nitrogens is 1. The Morgan fingerprint density at radius 2 is 2.09 bits per heavy atom. The van der Waals surface area contributed by atoms with Gasteiger partial charge in [0, 0.05) is 23.5 Å². The van der Waals surface area contributed by atoms with Crippen LogP contribution in [0.5, 0.6) is 0 Å². The number of nitrogens with zero attached hydrogens (tertiary/aromatic N) is 1. The molecule has 1 aromatic carbocycles. The van der Waals surface area contributed by atoms with Crippen LogP contribution in [0.3, 0.4) is 0 Å². The molecule has 23 heavy (non-hydrogen) atoms. The minimum atomic E-state index is -4.42. The summed E-state index contributed by atoms with van der Waals surface area (Å²) in [6, 6.07) is 8.41. The second-order valence-electron chi connectivity index (χ2n) is 5.82. The number of aromatic amines is 1. The maximum absolute atomic E-state index is 12.9. The minimum Gasteiger partial charge on any atom is -0.351 e. The van der Waals surface area contributed by atoms with E-state index in [9.17, 15) is 18.0 Å². The van der Waals surface area contributed by atoms with Crippen LogP contribution in [0.2, 0.25) is 0 Å². The summed E-state index contributed by atoms with van der Waals surface area (Å²) < 4.78 is 38.8. The molecule has 1 aromatic heterocycles. The van der Waals surface area contributed by atoms with Gasteiger partial charge in [-0.05, 0) is 31.5 Å². The van der Waals surface area contributed by atoms with Crippen LogP contribution in [0.25, 0.3) is 10.9 Å². The number of benzene rings is 1. The average Bonchev–Trinajstić information content (AvgIpc) is 2.96. The number of alkyl halides is 3. The lowest BCUT2D eigenvalue weighted by Gasteiger charge is -2.35. The van der Waals surface area contributed by atoms with E-state index in [2.05, 4.69) is 10.3 Å². The SMILES string of the molecule is O=C(c1cc2ccccc2[nH]1)N(CC(F)(F)F)C1CCCNC1. The van der Waals surface area contributed by atoms with E-state index in [0.29, 0.717) is 13.0 Å². The third kappa shape index (κ3) is 3.67. The Morgan fingerprint density at radius 1 is 1.30 bits per heavy atom. The van der Waals surface area contributed by atoms with Crippen molar-refractivity contribution in [3.63, 3.8) is 0 Å². The van der Waals surface area contributed by atoms with Crippen molar-refractivity contribution in [2.75, 3.05) is 19.6 Å². The number of carbonyl (C=O) groups is 1.